The SMILES string of the molecule is O=C(COCc1nc2ccccc2s1)NC1CCN2CCCCC12. The molecule has 128 valence electrons. The van der Waals surface area contributed by atoms with Crippen molar-refractivity contribution in [3.05, 3.63) is 29.3 Å². The number of hydrogen-bond donors (Lipinski definition) is 1. The summed E-state index contributed by atoms with van der Waals surface area (Å²) < 4.78 is 6.74. The Hall–Kier alpha value is -1.50. The lowest BCUT2D eigenvalue weighted by atomic mass is 9.99. The van der Waals surface area contributed by atoms with Crippen LogP contribution in [0.3, 0.4) is 0 Å². The van der Waals surface area contributed by atoms with Gasteiger partial charge in [-0.05, 0) is 37.9 Å². The zero-order valence-electron chi connectivity index (χ0n) is 13.7. The highest BCUT2D eigenvalue weighted by Crippen LogP contribution is 2.27. The molecule has 24 heavy (non-hydrogen) atoms. The van der Waals surface area contributed by atoms with Gasteiger partial charge in [0.25, 0.3) is 0 Å². The van der Waals surface area contributed by atoms with Gasteiger partial charge < -0.3 is 10.1 Å². The van der Waals surface area contributed by atoms with Crippen LogP contribution in [0.4, 0.5) is 0 Å². The Morgan fingerprint density at radius 1 is 1.29 bits per heavy atom. The first-order valence-corrected chi connectivity index (χ1v) is 9.57. The fourth-order valence-corrected chi connectivity index (χ4v) is 4.78. The summed E-state index contributed by atoms with van der Waals surface area (Å²) in [6.07, 6.45) is 4.84. The van der Waals surface area contributed by atoms with Crippen molar-refractivity contribution in [2.75, 3.05) is 19.7 Å². The van der Waals surface area contributed by atoms with Gasteiger partial charge in [0.15, 0.2) is 0 Å². The predicted octanol–water partition coefficient (Wildman–Crippen LogP) is 2.56. The van der Waals surface area contributed by atoms with Gasteiger partial charge in [-0.2, -0.15) is 0 Å². The lowest BCUT2D eigenvalue weighted by Gasteiger charge is -2.32. The first kappa shape index (κ1) is 16.0. The Morgan fingerprint density at radius 2 is 2.21 bits per heavy atom. The number of fused-ring (bicyclic) bond motifs is 2. The van der Waals surface area contributed by atoms with E-state index in [4.69, 9.17) is 4.74 Å². The standard InChI is InChI=1S/C18H23N3O2S/c22-17(19-13-8-10-21-9-4-3-6-15(13)21)11-23-12-18-20-14-5-1-2-7-16(14)24-18/h1-2,5,7,13,15H,3-4,6,8-12H2,(H,19,22). The van der Waals surface area contributed by atoms with E-state index in [1.54, 1.807) is 11.3 Å². The van der Waals surface area contributed by atoms with Crippen molar-refractivity contribution in [1.29, 1.82) is 0 Å². The van der Waals surface area contributed by atoms with Gasteiger partial charge >= 0.3 is 0 Å². The molecule has 2 fully saturated rings. The fourth-order valence-electron chi connectivity index (χ4n) is 3.88. The third-order valence-corrected chi connectivity index (χ3v) is 6.01. The Kier molecular flexibility index (Phi) is 4.78. The van der Waals surface area contributed by atoms with Crippen LogP contribution in [0.1, 0.15) is 30.7 Å². The van der Waals surface area contributed by atoms with Crippen LogP contribution >= 0.6 is 11.3 Å². The molecule has 0 aliphatic carbocycles. The van der Waals surface area contributed by atoms with Gasteiger partial charge in [0.1, 0.15) is 11.6 Å². The molecule has 3 heterocycles. The van der Waals surface area contributed by atoms with E-state index in [0.29, 0.717) is 18.7 Å². The number of carbonyl (C=O) groups is 1. The summed E-state index contributed by atoms with van der Waals surface area (Å²) in [5, 5.41) is 4.09. The lowest BCUT2D eigenvalue weighted by molar-refractivity contribution is -0.127. The summed E-state index contributed by atoms with van der Waals surface area (Å²) in [5.41, 5.74) is 0.994. The molecule has 1 aromatic heterocycles. The number of aromatic nitrogens is 1. The highest BCUT2D eigenvalue weighted by atomic mass is 32.1. The van der Waals surface area contributed by atoms with Crippen LogP contribution in [0.15, 0.2) is 24.3 Å². The minimum atomic E-state index is -0.00599. The van der Waals surface area contributed by atoms with Crippen LogP contribution in [-0.2, 0) is 16.1 Å². The van der Waals surface area contributed by atoms with E-state index in [9.17, 15) is 4.79 Å². The van der Waals surface area contributed by atoms with Gasteiger partial charge in [0, 0.05) is 18.6 Å². The highest BCUT2D eigenvalue weighted by molar-refractivity contribution is 7.18. The molecule has 0 bridgehead atoms. The second kappa shape index (κ2) is 7.17. The van der Waals surface area contributed by atoms with Crippen LogP contribution in [0, 0.1) is 0 Å². The largest absolute Gasteiger partial charge is 0.364 e. The molecule has 1 N–H and O–H groups in total. The van der Waals surface area contributed by atoms with Crippen LogP contribution in [0.2, 0.25) is 0 Å². The molecule has 1 aromatic carbocycles. The Labute approximate surface area is 146 Å². The molecule has 6 heteroatoms. The number of nitrogens with zero attached hydrogens (tertiary/aromatic N) is 2. The van der Waals surface area contributed by atoms with E-state index in [0.717, 1.165) is 28.2 Å². The van der Waals surface area contributed by atoms with Gasteiger partial charge in [0.2, 0.25) is 5.91 Å². The summed E-state index contributed by atoms with van der Waals surface area (Å²) in [4.78, 5) is 19.2. The third-order valence-electron chi connectivity index (χ3n) is 5.00. The quantitative estimate of drug-likeness (QED) is 0.905. The van der Waals surface area contributed by atoms with Crippen molar-refractivity contribution in [3.63, 3.8) is 0 Å². The number of para-hydroxylation sites is 1. The number of amides is 1. The molecule has 1 amide bonds. The molecule has 2 unspecified atom stereocenters. The molecule has 0 radical (unpaired) electrons. The zero-order valence-corrected chi connectivity index (χ0v) is 14.6. The molecule has 2 aliphatic rings. The number of nitrogens with one attached hydrogen (secondary N) is 1. The number of benzene rings is 1. The van der Waals surface area contributed by atoms with Gasteiger partial charge in [0.05, 0.1) is 16.8 Å². The van der Waals surface area contributed by atoms with Crippen LogP contribution in [0.25, 0.3) is 10.2 Å². The summed E-state index contributed by atoms with van der Waals surface area (Å²) in [6.45, 7) is 2.81. The Morgan fingerprint density at radius 3 is 3.12 bits per heavy atom. The summed E-state index contributed by atoms with van der Waals surface area (Å²) in [5.74, 6) is -0.00599. The van der Waals surface area contributed by atoms with Crippen molar-refractivity contribution in [3.8, 4) is 0 Å². The highest BCUT2D eigenvalue weighted by Gasteiger charge is 2.36. The van der Waals surface area contributed by atoms with Crippen molar-refractivity contribution < 1.29 is 9.53 Å². The maximum Gasteiger partial charge on any atom is 0.246 e. The van der Waals surface area contributed by atoms with E-state index in [1.165, 1.54) is 25.8 Å². The average Bonchev–Trinajstić information content (AvgIpc) is 3.19. The predicted molar refractivity (Wildman–Crippen MR) is 95.0 cm³/mol. The third kappa shape index (κ3) is 3.45. The monoisotopic (exact) mass is 345 g/mol. The Balaban J connectivity index is 1.24. The number of hydrogen-bond acceptors (Lipinski definition) is 5. The summed E-state index contributed by atoms with van der Waals surface area (Å²) >= 11 is 1.62. The molecule has 4 rings (SSSR count). The molecule has 2 saturated heterocycles. The van der Waals surface area contributed by atoms with E-state index >= 15 is 0 Å². The van der Waals surface area contributed by atoms with Crippen molar-refractivity contribution in [2.45, 2.75) is 44.4 Å². The average molecular weight is 345 g/mol. The summed E-state index contributed by atoms with van der Waals surface area (Å²) in [6, 6.07) is 8.87. The maximum atomic E-state index is 12.2. The van der Waals surface area contributed by atoms with Crippen LogP contribution in [0.5, 0.6) is 0 Å². The van der Waals surface area contributed by atoms with Gasteiger partial charge in [-0.3, -0.25) is 9.69 Å². The molecule has 2 atom stereocenters. The second-order valence-electron chi connectivity index (χ2n) is 6.63. The van der Waals surface area contributed by atoms with Crippen molar-refractivity contribution in [2.24, 2.45) is 0 Å². The number of rotatable bonds is 5. The molecule has 2 aliphatic heterocycles. The Bertz CT molecular complexity index is 684. The minimum Gasteiger partial charge on any atom is -0.364 e. The zero-order chi connectivity index (χ0) is 16.4. The summed E-state index contributed by atoms with van der Waals surface area (Å²) in [7, 11) is 0. The first-order valence-electron chi connectivity index (χ1n) is 8.75. The minimum absolute atomic E-state index is 0.00599. The fraction of sp³-hybridized carbons (Fsp3) is 0.556. The molecule has 5 nitrogen and oxygen atoms in total. The number of carbonyl (C=O) groups excluding carboxylic acids is 1. The second-order valence-corrected chi connectivity index (χ2v) is 7.75. The molecule has 0 saturated carbocycles. The normalized spacial score (nSPS) is 24.2. The van der Waals surface area contributed by atoms with E-state index < -0.39 is 0 Å². The molecule has 2 aromatic rings. The number of ether oxygens (including phenoxy) is 1. The van der Waals surface area contributed by atoms with Crippen molar-refractivity contribution >= 4 is 27.5 Å². The van der Waals surface area contributed by atoms with Crippen LogP contribution in [-0.4, -0.2) is 47.6 Å². The van der Waals surface area contributed by atoms with Gasteiger partial charge in [-0.25, -0.2) is 4.98 Å². The molecular formula is C18H23N3O2S. The van der Waals surface area contributed by atoms with E-state index in [1.807, 2.05) is 18.2 Å². The van der Waals surface area contributed by atoms with E-state index in [2.05, 4.69) is 21.3 Å². The smallest absolute Gasteiger partial charge is 0.246 e. The lowest BCUT2D eigenvalue weighted by Crippen LogP contribution is -2.47. The number of thiazole rings is 1. The van der Waals surface area contributed by atoms with Gasteiger partial charge in [-0.15, -0.1) is 11.3 Å². The topological polar surface area (TPSA) is 54.5 Å². The molecular weight excluding hydrogens is 322 g/mol. The van der Waals surface area contributed by atoms with Gasteiger partial charge in [-0.1, -0.05) is 18.6 Å². The number of piperidine rings is 1. The maximum absolute atomic E-state index is 12.2. The molecule has 0 spiro atoms. The van der Waals surface area contributed by atoms with E-state index in [-0.39, 0.29) is 12.5 Å². The van der Waals surface area contributed by atoms with Crippen molar-refractivity contribution in [1.82, 2.24) is 15.2 Å². The van der Waals surface area contributed by atoms with Crippen LogP contribution < -0.4 is 5.32 Å². The first-order chi connectivity index (χ1) is 11.8.